The van der Waals surface area contributed by atoms with E-state index >= 15 is 0 Å². The van der Waals surface area contributed by atoms with E-state index in [1.807, 2.05) is 24.4 Å². The van der Waals surface area contributed by atoms with E-state index in [4.69, 9.17) is 4.42 Å². The fraction of sp³-hybridized carbons (Fsp3) is 0.143. The van der Waals surface area contributed by atoms with Gasteiger partial charge in [-0.3, -0.25) is 9.59 Å². The van der Waals surface area contributed by atoms with Crippen molar-refractivity contribution in [2.24, 2.45) is 0 Å². The Balaban J connectivity index is 1.53. The number of H-pyrrole nitrogens is 1. The van der Waals surface area contributed by atoms with Gasteiger partial charge in [0, 0.05) is 16.5 Å². The molecule has 5 aromatic rings. The second-order valence-corrected chi connectivity index (χ2v) is 11.5. The van der Waals surface area contributed by atoms with Crippen molar-refractivity contribution in [3.8, 4) is 0 Å². The molecule has 3 heterocycles. The highest BCUT2D eigenvalue weighted by atomic mass is 32.2. The smallest absolute Gasteiger partial charge is 0.248 e. The first-order valence-electron chi connectivity index (χ1n) is 11.9. The minimum atomic E-state index is -4.14. The highest BCUT2D eigenvalue weighted by Crippen LogP contribution is 2.30. The number of aromatic amines is 1. The van der Waals surface area contributed by atoms with Gasteiger partial charge in [-0.2, -0.15) is 4.72 Å². The number of thiophene rings is 1. The minimum absolute atomic E-state index is 0.0188. The molecule has 38 heavy (non-hydrogen) atoms. The molecule has 0 aliphatic rings. The first-order chi connectivity index (χ1) is 18.3. The van der Waals surface area contributed by atoms with Crippen LogP contribution < -0.4 is 10.3 Å². The zero-order valence-corrected chi connectivity index (χ0v) is 22.0. The van der Waals surface area contributed by atoms with Crippen LogP contribution in [0.4, 0.5) is 0 Å². The lowest BCUT2D eigenvalue weighted by Gasteiger charge is -2.32. The molecule has 0 fully saturated rings. The number of hydrogen-bond donors (Lipinski definition) is 2. The number of pyridine rings is 1. The van der Waals surface area contributed by atoms with E-state index in [0.29, 0.717) is 22.2 Å². The number of carbonyl (C=O) groups is 1. The Bertz CT molecular complexity index is 1700. The van der Waals surface area contributed by atoms with Gasteiger partial charge in [0.05, 0.1) is 23.7 Å². The van der Waals surface area contributed by atoms with Gasteiger partial charge in [-0.1, -0.05) is 36.4 Å². The molecule has 0 aliphatic heterocycles. The number of carbonyl (C=O) groups excluding carboxylic acids is 1. The maximum Gasteiger partial charge on any atom is 0.248 e. The number of nitrogens with one attached hydrogen (secondary N) is 2. The van der Waals surface area contributed by atoms with Crippen LogP contribution in [0.2, 0.25) is 0 Å². The number of furan rings is 1. The summed E-state index contributed by atoms with van der Waals surface area (Å²) >= 11 is 1.52. The third-order valence-corrected chi connectivity index (χ3v) is 8.73. The number of aromatic nitrogens is 1. The van der Waals surface area contributed by atoms with Gasteiger partial charge in [0.1, 0.15) is 11.8 Å². The fourth-order valence-electron chi connectivity index (χ4n) is 4.25. The lowest BCUT2D eigenvalue weighted by Crippen LogP contribution is -2.43. The van der Waals surface area contributed by atoms with Crippen LogP contribution in [-0.4, -0.2) is 24.2 Å². The largest absolute Gasteiger partial charge is 0.467 e. The van der Waals surface area contributed by atoms with Crippen molar-refractivity contribution in [3.05, 3.63) is 123 Å². The van der Waals surface area contributed by atoms with E-state index in [9.17, 15) is 18.0 Å². The lowest BCUT2D eigenvalue weighted by atomic mass is 10.1. The fourth-order valence-corrected chi connectivity index (χ4v) is 6.26. The van der Waals surface area contributed by atoms with Crippen LogP contribution in [0, 0.1) is 0 Å². The van der Waals surface area contributed by atoms with E-state index in [1.54, 1.807) is 53.4 Å². The standard InChI is InChI=1S/C28H25N3O5S2/c1-19(25-10-6-16-37-25)31(18-22-9-5-15-36-22)28(33)27(20-7-3-2-4-8-20)30-38(34,35)23-12-13-24-21(17-23)11-14-26(32)29-24/h2-17,19,27,30H,18H2,1H3,(H,29,32). The van der Waals surface area contributed by atoms with Crippen LogP contribution in [0.1, 0.15) is 35.2 Å². The molecular weight excluding hydrogens is 522 g/mol. The summed E-state index contributed by atoms with van der Waals surface area (Å²) in [5, 5.41) is 2.49. The van der Waals surface area contributed by atoms with E-state index in [1.165, 1.54) is 41.9 Å². The molecule has 3 aromatic heterocycles. The van der Waals surface area contributed by atoms with Crippen molar-refractivity contribution in [3.63, 3.8) is 0 Å². The molecule has 2 atom stereocenters. The second-order valence-electron chi connectivity index (χ2n) is 8.77. The van der Waals surface area contributed by atoms with E-state index in [-0.39, 0.29) is 23.0 Å². The van der Waals surface area contributed by atoms with Crippen molar-refractivity contribution in [2.45, 2.75) is 30.4 Å². The molecule has 0 radical (unpaired) electrons. The molecule has 8 nitrogen and oxygen atoms in total. The monoisotopic (exact) mass is 547 g/mol. The predicted octanol–water partition coefficient (Wildman–Crippen LogP) is 4.99. The van der Waals surface area contributed by atoms with Crippen LogP contribution in [0.25, 0.3) is 10.9 Å². The Hall–Kier alpha value is -3.99. The van der Waals surface area contributed by atoms with Crippen LogP contribution in [-0.2, 0) is 21.4 Å². The quantitative estimate of drug-likeness (QED) is 0.270. The zero-order chi connectivity index (χ0) is 26.7. The number of hydrogen-bond acceptors (Lipinski definition) is 6. The van der Waals surface area contributed by atoms with E-state index < -0.39 is 22.0 Å². The maximum atomic E-state index is 14.2. The number of benzene rings is 2. The third kappa shape index (κ3) is 5.47. The molecule has 0 saturated carbocycles. The first kappa shape index (κ1) is 25.7. The Morgan fingerprint density at radius 1 is 1.03 bits per heavy atom. The Kier molecular flexibility index (Phi) is 7.28. The Labute approximate surface area is 223 Å². The second kappa shape index (κ2) is 10.8. The predicted molar refractivity (Wildman–Crippen MR) is 146 cm³/mol. The molecule has 1 amide bonds. The topological polar surface area (TPSA) is 112 Å². The molecule has 0 aliphatic carbocycles. The molecule has 194 valence electrons. The molecule has 0 saturated heterocycles. The molecule has 10 heteroatoms. The van der Waals surface area contributed by atoms with Crippen molar-refractivity contribution in [1.82, 2.24) is 14.6 Å². The van der Waals surface area contributed by atoms with Gasteiger partial charge in [-0.15, -0.1) is 11.3 Å². The number of rotatable bonds is 9. The molecule has 0 bridgehead atoms. The molecule has 2 unspecified atom stereocenters. The van der Waals surface area contributed by atoms with Gasteiger partial charge in [-0.05, 0) is 65.7 Å². The molecular formula is C28H25N3O5S2. The summed E-state index contributed by atoms with van der Waals surface area (Å²) < 4.78 is 35.4. The summed E-state index contributed by atoms with van der Waals surface area (Å²) in [5.41, 5.74) is 0.744. The Morgan fingerprint density at radius 3 is 2.55 bits per heavy atom. The summed E-state index contributed by atoms with van der Waals surface area (Å²) in [6.07, 6.45) is 1.54. The number of nitrogens with zero attached hydrogens (tertiary/aromatic N) is 1. The van der Waals surface area contributed by atoms with Crippen molar-refractivity contribution in [2.75, 3.05) is 0 Å². The van der Waals surface area contributed by atoms with Crippen LogP contribution in [0.5, 0.6) is 0 Å². The van der Waals surface area contributed by atoms with Gasteiger partial charge in [0.15, 0.2) is 0 Å². The van der Waals surface area contributed by atoms with E-state index in [2.05, 4.69) is 9.71 Å². The summed E-state index contributed by atoms with van der Waals surface area (Å²) in [6.45, 7) is 2.08. The van der Waals surface area contributed by atoms with Crippen molar-refractivity contribution in [1.29, 1.82) is 0 Å². The average Bonchev–Trinajstić information content (AvgIpc) is 3.65. The molecule has 5 rings (SSSR count). The normalized spacial score (nSPS) is 13.3. The average molecular weight is 548 g/mol. The SMILES string of the molecule is CC(c1cccs1)N(Cc1ccco1)C(=O)C(NS(=O)(=O)c1ccc2[nH]c(=O)ccc2c1)c1ccccc1. The number of amides is 1. The van der Waals surface area contributed by atoms with Crippen molar-refractivity contribution >= 4 is 38.2 Å². The highest BCUT2D eigenvalue weighted by Gasteiger charge is 2.34. The maximum absolute atomic E-state index is 14.2. The van der Waals surface area contributed by atoms with Crippen LogP contribution in [0.15, 0.2) is 111 Å². The van der Waals surface area contributed by atoms with Gasteiger partial charge in [0.2, 0.25) is 21.5 Å². The Morgan fingerprint density at radius 2 is 1.84 bits per heavy atom. The number of sulfonamides is 1. The van der Waals surface area contributed by atoms with Crippen molar-refractivity contribution < 1.29 is 17.6 Å². The van der Waals surface area contributed by atoms with Crippen LogP contribution >= 0.6 is 11.3 Å². The lowest BCUT2D eigenvalue weighted by molar-refractivity contribution is -0.136. The van der Waals surface area contributed by atoms with Gasteiger partial charge >= 0.3 is 0 Å². The summed E-state index contributed by atoms with van der Waals surface area (Å²) in [4.78, 5) is 31.1. The molecule has 2 N–H and O–H groups in total. The van der Waals surface area contributed by atoms with Gasteiger partial charge in [0.25, 0.3) is 0 Å². The van der Waals surface area contributed by atoms with Gasteiger partial charge < -0.3 is 14.3 Å². The molecule has 2 aromatic carbocycles. The third-order valence-electron chi connectivity index (χ3n) is 6.27. The first-order valence-corrected chi connectivity index (χ1v) is 14.2. The number of fused-ring (bicyclic) bond motifs is 1. The van der Waals surface area contributed by atoms with Crippen LogP contribution in [0.3, 0.4) is 0 Å². The minimum Gasteiger partial charge on any atom is -0.467 e. The van der Waals surface area contributed by atoms with Gasteiger partial charge in [-0.25, -0.2) is 8.42 Å². The molecule has 0 spiro atoms. The zero-order valence-electron chi connectivity index (χ0n) is 20.4. The summed E-state index contributed by atoms with van der Waals surface area (Å²) in [7, 11) is -4.14. The summed E-state index contributed by atoms with van der Waals surface area (Å²) in [5.74, 6) is 0.169. The highest BCUT2D eigenvalue weighted by molar-refractivity contribution is 7.89. The summed E-state index contributed by atoms with van der Waals surface area (Å²) in [6, 6.07) is 21.9. The van der Waals surface area contributed by atoms with E-state index in [0.717, 1.165) is 4.88 Å².